The van der Waals surface area contributed by atoms with E-state index in [1.54, 1.807) is 14.2 Å². The van der Waals surface area contributed by atoms with Gasteiger partial charge in [-0.15, -0.1) is 12.4 Å². The second-order valence-electron chi connectivity index (χ2n) is 5.15. The lowest BCUT2D eigenvalue weighted by molar-refractivity contribution is 0.185. The van der Waals surface area contributed by atoms with Crippen LogP contribution in [0.5, 0.6) is 11.5 Å². The molecule has 1 saturated heterocycles. The maximum atomic E-state index is 5.51. The zero-order chi connectivity index (χ0) is 14.5. The zero-order valence-electron chi connectivity index (χ0n) is 12.8. The van der Waals surface area contributed by atoms with Gasteiger partial charge in [0.05, 0.1) is 14.2 Å². The van der Waals surface area contributed by atoms with Gasteiger partial charge in [0.25, 0.3) is 0 Å². The molecule has 1 N–H and O–H groups in total. The topological polar surface area (TPSA) is 33.7 Å². The van der Waals surface area contributed by atoms with Gasteiger partial charge in [-0.2, -0.15) is 0 Å². The molecule has 0 aliphatic carbocycles. The van der Waals surface area contributed by atoms with Crippen LogP contribution in [-0.4, -0.2) is 45.3 Å². The van der Waals surface area contributed by atoms with Crippen molar-refractivity contribution in [2.45, 2.75) is 25.4 Å². The van der Waals surface area contributed by atoms with Gasteiger partial charge in [0, 0.05) is 35.2 Å². The minimum atomic E-state index is 0. The van der Waals surface area contributed by atoms with Crippen LogP contribution in [0, 0.1) is 0 Å². The molecule has 1 atom stereocenters. The third kappa shape index (κ3) is 4.74. The average Bonchev–Trinajstić information content (AvgIpc) is 2.49. The molecule has 21 heavy (non-hydrogen) atoms. The van der Waals surface area contributed by atoms with Crippen LogP contribution in [0.2, 0.25) is 0 Å². The highest BCUT2D eigenvalue weighted by Crippen LogP contribution is 2.33. The Morgan fingerprint density at radius 1 is 1.33 bits per heavy atom. The van der Waals surface area contributed by atoms with Crippen LogP contribution in [0.1, 0.15) is 18.4 Å². The van der Waals surface area contributed by atoms with Gasteiger partial charge in [0.2, 0.25) is 0 Å². The molecule has 4 nitrogen and oxygen atoms in total. The number of likely N-dealkylation sites (N-methyl/N-ethyl adjacent to an activating group) is 1. The van der Waals surface area contributed by atoms with E-state index in [4.69, 9.17) is 9.47 Å². The minimum Gasteiger partial charge on any atom is -0.497 e. The number of piperidine rings is 1. The quantitative estimate of drug-likeness (QED) is 0.852. The summed E-state index contributed by atoms with van der Waals surface area (Å²) < 4.78 is 11.8. The van der Waals surface area contributed by atoms with Gasteiger partial charge in [-0.1, -0.05) is 15.9 Å². The number of rotatable bonds is 5. The van der Waals surface area contributed by atoms with Crippen molar-refractivity contribution in [1.82, 2.24) is 10.2 Å². The normalized spacial score (nSPS) is 19.0. The molecule has 2 rings (SSSR count). The van der Waals surface area contributed by atoms with Crippen LogP contribution in [0.15, 0.2) is 16.6 Å². The first kappa shape index (κ1) is 18.6. The number of likely N-dealkylation sites (tertiary alicyclic amines) is 1. The van der Waals surface area contributed by atoms with Gasteiger partial charge in [0.15, 0.2) is 0 Å². The molecule has 1 aliphatic heterocycles. The molecular formula is C15H24BrClN2O2. The maximum absolute atomic E-state index is 5.51. The van der Waals surface area contributed by atoms with E-state index in [-0.39, 0.29) is 12.4 Å². The predicted octanol–water partition coefficient (Wildman–Crippen LogP) is 3.07. The lowest BCUT2D eigenvalue weighted by Crippen LogP contribution is -2.43. The molecule has 0 aromatic heterocycles. The lowest BCUT2D eigenvalue weighted by atomic mass is 10.0. The molecule has 0 radical (unpaired) electrons. The molecule has 1 unspecified atom stereocenters. The van der Waals surface area contributed by atoms with E-state index in [0.29, 0.717) is 6.04 Å². The fraction of sp³-hybridized carbons (Fsp3) is 0.600. The SMILES string of the molecule is CNC1CCCN(Cc2c(Br)cc(OC)cc2OC)C1.Cl. The Balaban J connectivity index is 0.00000220. The molecule has 120 valence electrons. The second-order valence-corrected chi connectivity index (χ2v) is 6.01. The number of hydrogen-bond donors (Lipinski definition) is 1. The molecule has 0 amide bonds. The second kappa shape index (κ2) is 8.83. The monoisotopic (exact) mass is 378 g/mol. The van der Waals surface area contributed by atoms with Gasteiger partial charge in [0.1, 0.15) is 11.5 Å². The first-order valence-electron chi connectivity index (χ1n) is 6.98. The van der Waals surface area contributed by atoms with Gasteiger partial charge < -0.3 is 14.8 Å². The van der Waals surface area contributed by atoms with Crippen molar-refractivity contribution >= 4 is 28.3 Å². The molecule has 1 aromatic carbocycles. The van der Waals surface area contributed by atoms with Crippen LogP contribution in [0.3, 0.4) is 0 Å². The van der Waals surface area contributed by atoms with E-state index in [9.17, 15) is 0 Å². The first-order valence-corrected chi connectivity index (χ1v) is 7.77. The molecule has 0 bridgehead atoms. The summed E-state index contributed by atoms with van der Waals surface area (Å²) >= 11 is 3.64. The summed E-state index contributed by atoms with van der Waals surface area (Å²) in [6.45, 7) is 3.11. The number of nitrogens with one attached hydrogen (secondary N) is 1. The highest BCUT2D eigenvalue weighted by molar-refractivity contribution is 9.10. The van der Waals surface area contributed by atoms with E-state index < -0.39 is 0 Å². The Morgan fingerprint density at radius 2 is 2.10 bits per heavy atom. The Hall–Kier alpha value is -0.490. The third-order valence-corrected chi connectivity index (χ3v) is 4.59. The molecule has 1 fully saturated rings. The first-order chi connectivity index (χ1) is 9.67. The van der Waals surface area contributed by atoms with Crippen molar-refractivity contribution in [3.8, 4) is 11.5 Å². The van der Waals surface area contributed by atoms with Crippen molar-refractivity contribution in [2.24, 2.45) is 0 Å². The molecule has 1 aromatic rings. The summed E-state index contributed by atoms with van der Waals surface area (Å²) in [5, 5.41) is 3.38. The summed E-state index contributed by atoms with van der Waals surface area (Å²) in [6, 6.07) is 4.53. The number of hydrogen-bond acceptors (Lipinski definition) is 4. The number of benzene rings is 1. The Bertz CT molecular complexity index is 460. The van der Waals surface area contributed by atoms with Crippen molar-refractivity contribution in [3.05, 3.63) is 22.2 Å². The van der Waals surface area contributed by atoms with Crippen LogP contribution in [0.4, 0.5) is 0 Å². The van der Waals surface area contributed by atoms with E-state index in [2.05, 4.69) is 26.1 Å². The highest BCUT2D eigenvalue weighted by atomic mass is 79.9. The molecular weight excluding hydrogens is 356 g/mol. The summed E-state index contributed by atoms with van der Waals surface area (Å²) in [5.41, 5.74) is 1.19. The van der Waals surface area contributed by atoms with Gasteiger partial charge in [-0.05, 0) is 32.5 Å². The Kier molecular flexibility index (Phi) is 7.81. The summed E-state index contributed by atoms with van der Waals surface area (Å²) in [4.78, 5) is 2.47. The predicted molar refractivity (Wildman–Crippen MR) is 91.9 cm³/mol. The molecule has 1 aliphatic rings. The van der Waals surface area contributed by atoms with Crippen molar-refractivity contribution in [3.63, 3.8) is 0 Å². The Labute approximate surface area is 141 Å². The fourth-order valence-electron chi connectivity index (χ4n) is 2.70. The molecule has 0 saturated carbocycles. The number of methoxy groups -OCH3 is 2. The molecule has 0 spiro atoms. The van der Waals surface area contributed by atoms with Crippen LogP contribution >= 0.6 is 28.3 Å². The van der Waals surface area contributed by atoms with Gasteiger partial charge >= 0.3 is 0 Å². The standard InChI is InChI=1S/C15H23BrN2O2.ClH/c1-17-11-5-4-6-18(9-11)10-13-14(16)7-12(19-2)8-15(13)20-3;/h7-8,11,17H,4-6,9-10H2,1-3H3;1H. The Morgan fingerprint density at radius 3 is 2.71 bits per heavy atom. The fourth-order valence-corrected chi connectivity index (χ4v) is 3.25. The van der Waals surface area contributed by atoms with Crippen LogP contribution in [-0.2, 0) is 6.54 Å². The average molecular weight is 380 g/mol. The summed E-state index contributed by atoms with van der Waals surface area (Å²) in [7, 11) is 5.42. The van der Waals surface area contributed by atoms with Gasteiger partial charge in [-0.3, -0.25) is 4.90 Å². The van der Waals surface area contributed by atoms with Crippen molar-refractivity contribution < 1.29 is 9.47 Å². The zero-order valence-corrected chi connectivity index (χ0v) is 15.2. The smallest absolute Gasteiger partial charge is 0.128 e. The maximum Gasteiger partial charge on any atom is 0.128 e. The number of nitrogens with zero attached hydrogens (tertiary/aromatic N) is 1. The number of halogens is 2. The lowest BCUT2D eigenvalue weighted by Gasteiger charge is -2.33. The molecule has 6 heteroatoms. The van der Waals surface area contributed by atoms with E-state index in [0.717, 1.165) is 35.6 Å². The minimum absolute atomic E-state index is 0. The van der Waals surface area contributed by atoms with Gasteiger partial charge in [-0.25, -0.2) is 0 Å². The van der Waals surface area contributed by atoms with Crippen LogP contribution in [0.25, 0.3) is 0 Å². The van der Waals surface area contributed by atoms with Crippen molar-refractivity contribution in [1.29, 1.82) is 0 Å². The van der Waals surface area contributed by atoms with E-state index >= 15 is 0 Å². The number of ether oxygens (including phenoxy) is 2. The highest BCUT2D eigenvalue weighted by Gasteiger charge is 2.21. The van der Waals surface area contributed by atoms with E-state index in [1.807, 2.05) is 19.2 Å². The van der Waals surface area contributed by atoms with Crippen molar-refractivity contribution in [2.75, 3.05) is 34.4 Å². The third-order valence-electron chi connectivity index (χ3n) is 3.88. The molecule has 1 heterocycles. The van der Waals surface area contributed by atoms with Crippen LogP contribution < -0.4 is 14.8 Å². The summed E-state index contributed by atoms with van der Waals surface area (Å²) in [6.07, 6.45) is 2.50. The van der Waals surface area contributed by atoms with E-state index in [1.165, 1.54) is 18.4 Å². The summed E-state index contributed by atoms with van der Waals surface area (Å²) in [5.74, 6) is 1.69. The largest absolute Gasteiger partial charge is 0.497 e.